The van der Waals surface area contributed by atoms with Gasteiger partial charge in [0.05, 0.1) is 6.04 Å². The maximum absolute atomic E-state index is 12.6. The number of rotatable bonds is 7. The summed E-state index contributed by atoms with van der Waals surface area (Å²) in [6.45, 7) is 6.97. The van der Waals surface area contributed by atoms with Crippen LogP contribution >= 0.6 is 0 Å². The number of unbranched alkanes of at least 4 members (excludes halogenated alkanes) is 1. The van der Waals surface area contributed by atoms with Gasteiger partial charge < -0.3 is 10.6 Å². The molecule has 0 aliphatic rings. The van der Waals surface area contributed by atoms with E-state index in [1.165, 1.54) is 0 Å². The Hall–Kier alpha value is -1.35. The summed E-state index contributed by atoms with van der Waals surface area (Å²) >= 11 is 0. The zero-order valence-electron chi connectivity index (χ0n) is 12.3. The Balaban J connectivity index is 2.88. The Morgan fingerprint density at radius 2 is 1.89 bits per heavy atom. The number of carbonyl (C=O) groups excluding carboxylic acids is 1. The molecule has 0 unspecified atom stereocenters. The Labute approximate surface area is 116 Å². The fraction of sp³-hybridized carbons (Fsp3) is 0.562. The molecule has 0 radical (unpaired) electrons. The van der Waals surface area contributed by atoms with Gasteiger partial charge in [0, 0.05) is 12.2 Å². The van der Waals surface area contributed by atoms with E-state index in [9.17, 15) is 4.79 Å². The standard InChI is InChI=1S/C16H26N2O/c1-4-6-12-18(14-10-8-7-9-11-14)16(19)15(17)13(3)5-2/h7-11,13,15H,4-6,12,17H2,1-3H3/t13-,15-/m0/s1. The Bertz CT molecular complexity index is 378. The summed E-state index contributed by atoms with van der Waals surface area (Å²) in [6, 6.07) is 9.39. The SMILES string of the molecule is CCCCN(C(=O)[C@@H](N)[C@@H](C)CC)c1ccccc1. The highest BCUT2D eigenvalue weighted by Crippen LogP contribution is 2.18. The average Bonchev–Trinajstić information content (AvgIpc) is 2.46. The molecule has 0 saturated carbocycles. The fourth-order valence-electron chi connectivity index (χ4n) is 1.97. The first-order valence-corrected chi connectivity index (χ1v) is 7.23. The number of anilines is 1. The second kappa shape index (κ2) is 7.95. The van der Waals surface area contributed by atoms with E-state index in [-0.39, 0.29) is 11.8 Å². The van der Waals surface area contributed by atoms with Crippen LogP contribution in [0.5, 0.6) is 0 Å². The van der Waals surface area contributed by atoms with E-state index in [0.717, 1.165) is 31.5 Å². The zero-order valence-corrected chi connectivity index (χ0v) is 12.3. The van der Waals surface area contributed by atoms with Crippen LogP contribution in [0.4, 0.5) is 5.69 Å². The fourth-order valence-corrected chi connectivity index (χ4v) is 1.97. The summed E-state index contributed by atoms with van der Waals surface area (Å²) in [5.41, 5.74) is 7.03. The third-order valence-corrected chi connectivity index (χ3v) is 3.61. The van der Waals surface area contributed by atoms with Gasteiger partial charge in [-0.3, -0.25) is 4.79 Å². The summed E-state index contributed by atoms with van der Waals surface area (Å²) in [4.78, 5) is 14.4. The number of benzene rings is 1. The molecule has 0 saturated heterocycles. The molecule has 1 aromatic carbocycles. The highest BCUT2D eigenvalue weighted by molar-refractivity contribution is 5.97. The van der Waals surface area contributed by atoms with Crippen molar-refractivity contribution >= 4 is 11.6 Å². The quantitative estimate of drug-likeness (QED) is 0.820. The first-order chi connectivity index (χ1) is 9.11. The molecule has 1 amide bonds. The van der Waals surface area contributed by atoms with Gasteiger partial charge in [-0.1, -0.05) is 51.8 Å². The molecule has 0 aromatic heterocycles. The molecule has 19 heavy (non-hydrogen) atoms. The number of hydrogen-bond donors (Lipinski definition) is 1. The third kappa shape index (κ3) is 4.35. The van der Waals surface area contributed by atoms with Crippen LogP contribution in [0.3, 0.4) is 0 Å². The van der Waals surface area contributed by atoms with Crippen LogP contribution in [-0.4, -0.2) is 18.5 Å². The molecule has 106 valence electrons. The maximum atomic E-state index is 12.6. The minimum absolute atomic E-state index is 0.0361. The van der Waals surface area contributed by atoms with Gasteiger partial charge in [0.2, 0.25) is 5.91 Å². The molecule has 3 nitrogen and oxygen atoms in total. The van der Waals surface area contributed by atoms with E-state index in [1.54, 1.807) is 0 Å². The van der Waals surface area contributed by atoms with Crippen LogP contribution in [0.1, 0.15) is 40.0 Å². The molecular weight excluding hydrogens is 236 g/mol. The van der Waals surface area contributed by atoms with Gasteiger partial charge in [-0.2, -0.15) is 0 Å². The topological polar surface area (TPSA) is 46.3 Å². The number of nitrogens with zero attached hydrogens (tertiary/aromatic N) is 1. The molecule has 2 N–H and O–H groups in total. The average molecular weight is 262 g/mol. The monoisotopic (exact) mass is 262 g/mol. The predicted octanol–water partition coefficient (Wildman–Crippen LogP) is 3.19. The number of carbonyl (C=O) groups is 1. The van der Waals surface area contributed by atoms with Gasteiger partial charge in [0.25, 0.3) is 0 Å². The van der Waals surface area contributed by atoms with E-state index in [2.05, 4.69) is 13.8 Å². The Kier molecular flexibility index (Phi) is 6.57. The van der Waals surface area contributed by atoms with E-state index < -0.39 is 6.04 Å². The van der Waals surface area contributed by atoms with Crippen LogP contribution in [0.25, 0.3) is 0 Å². The zero-order chi connectivity index (χ0) is 14.3. The number of para-hydroxylation sites is 1. The number of amides is 1. The van der Waals surface area contributed by atoms with Gasteiger partial charge in [-0.25, -0.2) is 0 Å². The van der Waals surface area contributed by atoms with Crippen LogP contribution in [0, 0.1) is 5.92 Å². The van der Waals surface area contributed by atoms with Crippen molar-refractivity contribution in [3.63, 3.8) is 0 Å². The lowest BCUT2D eigenvalue weighted by Gasteiger charge is -2.28. The summed E-state index contributed by atoms with van der Waals surface area (Å²) in [5.74, 6) is 0.245. The van der Waals surface area contributed by atoms with Crippen molar-refractivity contribution in [1.82, 2.24) is 0 Å². The van der Waals surface area contributed by atoms with Gasteiger partial charge in [-0.15, -0.1) is 0 Å². The molecule has 0 aliphatic carbocycles. The van der Waals surface area contributed by atoms with E-state index in [4.69, 9.17) is 5.73 Å². The molecule has 1 aromatic rings. The van der Waals surface area contributed by atoms with Gasteiger partial charge in [0.1, 0.15) is 0 Å². The van der Waals surface area contributed by atoms with Crippen molar-refractivity contribution in [2.75, 3.05) is 11.4 Å². The number of nitrogens with two attached hydrogens (primary N) is 1. The van der Waals surface area contributed by atoms with Gasteiger partial charge >= 0.3 is 0 Å². The first-order valence-electron chi connectivity index (χ1n) is 7.23. The number of hydrogen-bond acceptors (Lipinski definition) is 2. The van der Waals surface area contributed by atoms with Crippen molar-refractivity contribution in [2.45, 2.75) is 46.1 Å². The molecule has 0 spiro atoms. The predicted molar refractivity (Wildman–Crippen MR) is 81.1 cm³/mol. The van der Waals surface area contributed by atoms with Crippen LogP contribution in [-0.2, 0) is 4.79 Å². The second-order valence-electron chi connectivity index (χ2n) is 5.09. The van der Waals surface area contributed by atoms with Crippen molar-refractivity contribution in [3.8, 4) is 0 Å². The third-order valence-electron chi connectivity index (χ3n) is 3.61. The largest absolute Gasteiger partial charge is 0.320 e. The lowest BCUT2D eigenvalue weighted by molar-refractivity contribution is -0.120. The lowest BCUT2D eigenvalue weighted by atomic mass is 9.98. The molecule has 3 heteroatoms. The molecule has 0 aliphatic heterocycles. The molecule has 0 fully saturated rings. The second-order valence-corrected chi connectivity index (χ2v) is 5.09. The first kappa shape index (κ1) is 15.7. The van der Waals surface area contributed by atoms with Crippen molar-refractivity contribution in [2.24, 2.45) is 11.7 Å². The van der Waals surface area contributed by atoms with Gasteiger partial charge in [0.15, 0.2) is 0 Å². The van der Waals surface area contributed by atoms with Crippen molar-refractivity contribution < 1.29 is 4.79 Å². The van der Waals surface area contributed by atoms with E-state index in [0.29, 0.717) is 0 Å². The summed E-state index contributed by atoms with van der Waals surface area (Å²) < 4.78 is 0. The Morgan fingerprint density at radius 3 is 2.42 bits per heavy atom. The molecule has 0 heterocycles. The summed E-state index contributed by atoms with van der Waals surface area (Å²) in [7, 11) is 0. The highest BCUT2D eigenvalue weighted by Gasteiger charge is 2.25. The van der Waals surface area contributed by atoms with Crippen LogP contribution < -0.4 is 10.6 Å². The molecule has 0 bridgehead atoms. The molecule has 1 rings (SSSR count). The lowest BCUT2D eigenvalue weighted by Crippen LogP contribution is -2.47. The van der Waals surface area contributed by atoms with Crippen LogP contribution in [0.2, 0.25) is 0 Å². The normalized spacial score (nSPS) is 13.9. The highest BCUT2D eigenvalue weighted by atomic mass is 16.2. The van der Waals surface area contributed by atoms with Gasteiger partial charge in [-0.05, 0) is 24.5 Å². The summed E-state index contributed by atoms with van der Waals surface area (Å²) in [5, 5.41) is 0. The Morgan fingerprint density at radius 1 is 1.26 bits per heavy atom. The van der Waals surface area contributed by atoms with E-state index in [1.807, 2.05) is 42.2 Å². The smallest absolute Gasteiger partial charge is 0.244 e. The van der Waals surface area contributed by atoms with E-state index >= 15 is 0 Å². The van der Waals surface area contributed by atoms with Crippen molar-refractivity contribution in [1.29, 1.82) is 0 Å². The molecular formula is C16H26N2O. The molecule has 2 atom stereocenters. The minimum Gasteiger partial charge on any atom is -0.320 e. The van der Waals surface area contributed by atoms with Crippen LogP contribution in [0.15, 0.2) is 30.3 Å². The minimum atomic E-state index is -0.415. The van der Waals surface area contributed by atoms with Crippen molar-refractivity contribution in [3.05, 3.63) is 30.3 Å². The summed E-state index contributed by atoms with van der Waals surface area (Å²) in [6.07, 6.45) is 2.98. The maximum Gasteiger partial charge on any atom is 0.244 e.